The lowest BCUT2D eigenvalue weighted by atomic mass is 9.76. The van der Waals surface area contributed by atoms with E-state index in [1.54, 1.807) is 6.92 Å². The van der Waals surface area contributed by atoms with Crippen LogP contribution in [0.4, 0.5) is 0 Å². The van der Waals surface area contributed by atoms with Crippen LogP contribution in [0.3, 0.4) is 0 Å². The molecule has 1 unspecified atom stereocenters. The second-order valence-electron chi connectivity index (χ2n) is 5.85. The molecule has 0 bridgehead atoms. The number of carboxylic acids is 1. The summed E-state index contributed by atoms with van der Waals surface area (Å²) in [6.45, 7) is 11.8. The summed E-state index contributed by atoms with van der Waals surface area (Å²) >= 11 is 0. The molecule has 1 atom stereocenters. The van der Waals surface area contributed by atoms with Crippen LogP contribution in [0.5, 0.6) is 0 Å². The van der Waals surface area contributed by atoms with E-state index in [4.69, 9.17) is 5.11 Å². The number of likely N-dealkylation sites (tertiary alicyclic amines) is 1. The highest BCUT2D eigenvalue weighted by atomic mass is 16.4. The van der Waals surface area contributed by atoms with Gasteiger partial charge in [0.25, 0.3) is 0 Å². The molecule has 88 valence electrons. The second kappa shape index (κ2) is 4.52. The van der Waals surface area contributed by atoms with Gasteiger partial charge in [-0.05, 0) is 24.3 Å². The van der Waals surface area contributed by atoms with Crippen LogP contribution < -0.4 is 0 Å². The number of nitrogens with zero attached hydrogens (tertiary/aromatic N) is 1. The maximum Gasteiger partial charge on any atom is 0.306 e. The number of rotatable bonds is 4. The monoisotopic (exact) mass is 213 g/mol. The van der Waals surface area contributed by atoms with E-state index in [0.29, 0.717) is 5.41 Å². The molecule has 1 rings (SSSR count). The molecule has 3 heteroatoms. The lowest BCUT2D eigenvalue weighted by molar-refractivity contribution is -0.141. The first-order valence-electron chi connectivity index (χ1n) is 5.76. The molecular weight excluding hydrogens is 190 g/mol. The lowest BCUT2D eigenvalue weighted by Crippen LogP contribution is -2.52. The van der Waals surface area contributed by atoms with Crippen molar-refractivity contribution in [3.8, 4) is 0 Å². The largest absolute Gasteiger partial charge is 0.481 e. The number of hydrogen-bond acceptors (Lipinski definition) is 2. The van der Waals surface area contributed by atoms with Crippen molar-refractivity contribution in [2.75, 3.05) is 19.6 Å². The highest BCUT2D eigenvalue weighted by Crippen LogP contribution is 2.33. The Kier molecular flexibility index (Phi) is 3.77. The van der Waals surface area contributed by atoms with Crippen LogP contribution in [0.15, 0.2) is 0 Å². The SMILES string of the molecule is CC(CCN1CC(C(C)(C)C)C1)C(=O)O. The topological polar surface area (TPSA) is 40.5 Å². The Morgan fingerprint density at radius 2 is 2.00 bits per heavy atom. The Morgan fingerprint density at radius 1 is 1.47 bits per heavy atom. The van der Waals surface area contributed by atoms with E-state index >= 15 is 0 Å². The number of hydrogen-bond donors (Lipinski definition) is 1. The van der Waals surface area contributed by atoms with Gasteiger partial charge in [-0.15, -0.1) is 0 Å². The van der Waals surface area contributed by atoms with Crippen molar-refractivity contribution in [2.24, 2.45) is 17.3 Å². The molecule has 0 aliphatic carbocycles. The van der Waals surface area contributed by atoms with Crippen molar-refractivity contribution in [3.63, 3.8) is 0 Å². The molecule has 0 aromatic carbocycles. The van der Waals surface area contributed by atoms with Gasteiger partial charge in [0.2, 0.25) is 0 Å². The number of carboxylic acid groups (broad SMARTS) is 1. The van der Waals surface area contributed by atoms with Crippen molar-refractivity contribution < 1.29 is 9.90 Å². The summed E-state index contributed by atoms with van der Waals surface area (Å²) in [5.74, 6) is -0.112. The van der Waals surface area contributed by atoms with E-state index < -0.39 is 5.97 Å². The molecule has 0 saturated carbocycles. The maximum atomic E-state index is 10.6. The van der Waals surface area contributed by atoms with Crippen LogP contribution in [-0.2, 0) is 4.79 Å². The van der Waals surface area contributed by atoms with E-state index in [9.17, 15) is 4.79 Å². The Morgan fingerprint density at radius 3 is 2.40 bits per heavy atom. The predicted molar refractivity (Wildman–Crippen MR) is 60.8 cm³/mol. The van der Waals surface area contributed by atoms with Crippen molar-refractivity contribution >= 4 is 5.97 Å². The van der Waals surface area contributed by atoms with E-state index in [2.05, 4.69) is 25.7 Å². The smallest absolute Gasteiger partial charge is 0.306 e. The zero-order chi connectivity index (χ0) is 11.6. The van der Waals surface area contributed by atoms with Gasteiger partial charge in [0, 0.05) is 13.1 Å². The fourth-order valence-electron chi connectivity index (χ4n) is 1.80. The van der Waals surface area contributed by atoms with Crippen molar-refractivity contribution in [2.45, 2.75) is 34.1 Å². The molecule has 15 heavy (non-hydrogen) atoms. The molecule has 1 saturated heterocycles. The van der Waals surface area contributed by atoms with Gasteiger partial charge in [-0.25, -0.2) is 0 Å². The molecule has 0 radical (unpaired) electrons. The first kappa shape index (κ1) is 12.5. The lowest BCUT2D eigenvalue weighted by Gasteiger charge is -2.46. The molecule has 0 amide bonds. The number of carbonyl (C=O) groups is 1. The Bertz CT molecular complexity index is 226. The summed E-state index contributed by atoms with van der Waals surface area (Å²) in [7, 11) is 0. The van der Waals surface area contributed by atoms with Gasteiger partial charge < -0.3 is 10.0 Å². The van der Waals surface area contributed by atoms with Gasteiger partial charge in [-0.3, -0.25) is 4.79 Å². The fraction of sp³-hybridized carbons (Fsp3) is 0.917. The third kappa shape index (κ3) is 3.49. The fourth-order valence-corrected chi connectivity index (χ4v) is 1.80. The van der Waals surface area contributed by atoms with Crippen molar-refractivity contribution in [1.82, 2.24) is 4.90 Å². The van der Waals surface area contributed by atoms with E-state index in [0.717, 1.165) is 32.0 Å². The second-order valence-corrected chi connectivity index (χ2v) is 5.85. The van der Waals surface area contributed by atoms with Crippen LogP contribution >= 0.6 is 0 Å². The first-order chi connectivity index (χ1) is 6.80. The summed E-state index contributed by atoms with van der Waals surface area (Å²) in [5.41, 5.74) is 0.398. The molecule has 0 spiro atoms. The Labute approximate surface area is 92.5 Å². The molecule has 0 aromatic rings. The minimum Gasteiger partial charge on any atom is -0.481 e. The average Bonchev–Trinajstić information content (AvgIpc) is 1.97. The van der Waals surface area contributed by atoms with Gasteiger partial charge in [0.1, 0.15) is 0 Å². The normalized spacial score (nSPS) is 21.1. The Balaban J connectivity index is 2.16. The van der Waals surface area contributed by atoms with Crippen LogP contribution in [-0.4, -0.2) is 35.6 Å². The van der Waals surface area contributed by atoms with Crippen LogP contribution in [0.1, 0.15) is 34.1 Å². The molecule has 1 aliphatic heterocycles. The summed E-state index contributed by atoms with van der Waals surface area (Å²) in [6, 6.07) is 0. The van der Waals surface area contributed by atoms with E-state index in [-0.39, 0.29) is 5.92 Å². The minimum absolute atomic E-state index is 0.210. The van der Waals surface area contributed by atoms with Crippen LogP contribution in [0.25, 0.3) is 0 Å². The quantitative estimate of drug-likeness (QED) is 0.777. The van der Waals surface area contributed by atoms with Crippen molar-refractivity contribution in [3.05, 3.63) is 0 Å². The molecular formula is C12H23NO2. The molecule has 1 aliphatic rings. The Hall–Kier alpha value is -0.570. The van der Waals surface area contributed by atoms with Gasteiger partial charge >= 0.3 is 5.97 Å². The van der Waals surface area contributed by atoms with Gasteiger partial charge in [-0.1, -0.05) is 27.7 Å². The summed E-state index contributed by atoms with van der Waals surface area (Å²) in [5, 5.41) is 8.75. The zero-order valence-corrected chi connectivity index (χ0v) is 10.3. The summed E-state index contributed by atoms with van der Waals surface area (Å²) in [6.07, 6.45) is 0.770. The first-order valence-corrected chi connectivity index (χ1v) is 5.76. The zero-order valence-electron chi connectivity index (χ0n) is 10.3. The third-order valence-electron chi connectivity index (χ3n) is 3.48. The molecule has 0 aromatic heterocycles. The van der Waals surface area contributed by atoms with Gasteiger partial charge in [0.15, 0.2) is 0 Å². The molecule has 1 heterocycles. The maximum absolute atomic E-state index is 10.6. The average molecular weight is 213 g/mol. The van der Waals surface area contributed by atoms with E-state index in [1.807, 2.05) is 0 Å². The van der Waals surface area contributed by atoms with Crippen molar-refractivity contribution in [1.29, 1.82) is 0 Å². The molecule has 1 fully saturated rings. The third-order valence-corrected chi connectivity index (χ3v) is 3.48. The summed E-state index contributed by atoms with van der Waals surface area (Å²) < 4.78 is 0. The van der Waals surface area contributed by atoms with Crippen LogP contribution in [0.2, 0.25) is 0 Å². The molecule has 1 N–H and O–H groups in total. The standard InChI is InChI=1S/C12H23NO2/c1-9(11(14)15)5-6-13-7-10(8-13)12(2,3)4/h9-10H,5-8H2,1-4H3,(H,14,15). The van der Waals surface area contributed by atoms with Crippen LogP contribution in [0, 0.1) is 17.3 Å². The highest BCUT2D eigenvalue weighted by molar-refractivity contribution is 5.69. The predicted octanol–water partition coefficient (Wildman–Crippen LogP) is 2.08. The molecule has 3 nitrogen and oxygen atoms in total. The highest BCUT2D eigenvalue weighted by Gasteiger charge is 2.35. The van der Waals surface area contributed by atoms with Gasteiger partial charge in [0.05, 0.1) is 5.92 Å². The minimum atomic E-state index is -0.678. The summed E-state index contributed by atoms with van der Waals surface area (Å²) in [4.78, 5) is 13.0. The van der Waals surface area contributed by atoms with Gasteiger partial charge in [-0.2, -0.15) is 0 Å². The van der Waals surface area contributed by atoms with E-state index in [1.165, 1.54) is 0 Å². The number of aliphatic carboxylic acids is 1.